The van der Waals surface area contributed by atoms with Crippen LogP contribution in [-0.4, -0.2) is 19.1 Å². The summed E-state index contributed by atoms with van der Waals surface area (Å²) in [5.74, 6) is 2.67. The lowest BCUT2D eigenvalue weighted by Gasteiger charge is -2.10. The number of anilines is 1. The Balaban J connectivity index is 1.51. The second kappa shape index (κ2) is 9.64. The SMILES string of the molecule is CCOc1ccc(Oc2ccc(NC(=O)COc3cc(C)cc(C)c3)cc2)cc1. The van der Waals surface area contributed by atoms with Gasteiger partial charge < -0.3 is 19.5 Å². The maximum Gasteiger partial charge on any atom is 0.262 e. The number of carbonyl (C=O) groups excluding carboxylic acids is 1. The predicted molar refractivity (Wildman–Crippen MR) is 114 cm³/mol. The first kappa shape index (κ1) is 20.3. The molecule has 0 atom stereocenters. The Morgan fingerprint density at radius 2 is 1.31 bits per heavy atom. The van der Waals surface area contributed by atoms with Crippen LogP contribution in [0.4, 0.5) is 5.69 Å². The van der Waals surface area contributed by atoms with Crippen LogP contribution in [-0.2, 0) is 4.79 Å². The Labute approximate surface area is 171 Å². The van der Waals surface area contributed by atoms with Gasteiger partial charge in [-0.15, -0.1) is 0 Å². The van der Waals surface area contributed by atoms with Gasteiger partial charge in [0, 0.05) is 5.69 Å². The molecule has 5 heteroatoms. The molecule has 150 valence electrons. The van der Waals surface area contributed by atoms with Gasteiger partial charge in [-0.25, -0.2) is 0 Å². The van der Waals surface area contributed by atoms with E-state index in [4.69, 9.17) is 14.2 Å². The zero-order chi connectivity index (χ0) is 20.6. The average Bonchev–Trinajstić information content (AvgIpc) is 2.69. The van der Waals surface area contributed by atoms with Gasteiger partial charge in [0.15, 0.2) is 6.61 Å². The van der Waals surface area contributed by atoms with E-state index in [1.54, 1.807) is 24.3 Å². The molecule has 29 heavy (non-hydrogen) atoms. The molecule has 0 aliphatic rings. The number of benzene rings is 3. The van der Waals surface area contributed by atoms with Crippen molar-refractivity contribution in [2.24, 2.45) is 0 Å². The minimum Gasteiger partial charge on any atom is -0.494 e. The van der Waals surface area contributed by atoms with Crippen molar-refractivity contribution in [3.63, 3.8) is 0 Å². The van der Waals surface area contributed by atoms with Crippen molar-refractivity contribution in [2.45, 2.75) is 20.8 Å². The fourth-order valence-electron chi connectivity index (χ4n) is 2.88. The third-order valence-corrected chi connectivity index (χ3v) is 4.07. The third kappa shape index (κ3) is 6.28. The number of nitrogens with one attached hydrogen (secondary N) is 1. The van der Waals surface area contributed by atoms with Gasteiger partial charge in [-0.05, 0) is 92.6 Å². The summed E-state index contributed by atoms with van der Waals surface area (Å²) >= 11 is 0. The molecule has 1 N–H and O–H groups in total. The Hall–Kier alpha value is -3.47. The summed E-state index contributed by atoms with van der Waals surface area (Å²) in [6.45, 7) is 6.52. The van der Waals surface area contributed by atoms with Crippen LogP contribution in [0.15, 0.2) is 66.7 Å². The monoisotopic (exact) mass is 391 g/mol. The molecule has 0 fully saturated rings. The predicted octanol–water partition coefficient (Wildman–Crippen LogP) is 5.51. The van der Waals surface area contributed by atoms with Crippen molar-refractivity contribution in [1.29, 1.82) is 0 Å². The lowest BCUT2D eigenvalue weighted by molar-refractivity contribution is -0.118. The molecule has 0 heterocycles. The van der Waals surface area contributed by atoms with E-state index in [0.717, 1.165) is 16.9 Å². The molecule has 0 aromatic heterocycles. The second-order valence-electron chi connectivity index (χ2n) is 6.69. The number of hydrogen-bond donors (Lipinski definition) is 1. The summed E-state index contributed by atoms with van der Waals surface area (Å²) in [6.07, 6.45) is 0. The van der Waals surface area contributed by atoms with E-state index in [1.807, 2.05) is 57.2 Å². The molecule has 0 saturated carbocycles. The highest BCUT2D eigenvalue weighted by atomic mass is 16.5. The van der Waals surface area contributed by atoms with Crippen LogP contribution < -0.4 is 19.5 Å². The number of carbonyl (C=O) groups is 1. The molecule has 5 nitrogen and oxygen atoms in total. The van der Waals surface area contributed by atoms with E-state index in [9.17, 15) is 4.79 Å². The zero-order valence-electron chi connectivity index (χ0n) is 16.9. The smallest absolute Gasteiger partial charge is 0.262 e. The van der Waals surface area contributed by atoms with E-state index in [0.29, 0.717) is 29.5 Å². The summed E-state index contributed by atoms with van der Waals surface area (Å²) in [5.41, 5.74) is 2.88. The van der Waals surface area contributed by atoms with Gasteiger partial charge in [0.25, 0.3) is 5.91 Å². The first-order chi connectivity index (χ1) is 14.0. The molecule has 0 saturated heterocycles. The summed E-state index contributed by atoms with van der Waals surface area (Å²) < 4.78 is 16.8. The van der Waals surface area contributed by atoms with Gasteiger partial charge in [-0.2, -0.15) is 0 Å². The Morgan fingerprint density at radius 3 is 1.90 bits per heavy atom. The van der Waals surface area contributed by atoms with Crippen molar-refractivity contribution in [3.05, 3.63) is 77.9 Å². The molecule has 0 spiro atoms. The molecule has 3 aromatic rings. The van der Waals surface area contributed by atoms with E-state index in [-0.39, 0.29) is 12.5 Å². The van der Waals surface area contributed by atoms with Crippen molar-refractivity contribution in [3.8, 4) is 23.0 Å². The molecule has 3 aromatic carbocycles. The molecule has 3 rings (SSSR count). The molecule has 0 aliphatic carbocycles. The molecule has 0 aliphatic heterocycles. The third-order valence-electron chi connectivity index (χ3n) is 4.07. The fourth-order valence-corrected chi connectivity index (χ4v) is 2.88. The topological polar surface area (TPSA) is 56.8 Å². The van der Waals surface area contributed by atoms with Gasteiger partial charge in [-0.1, -0.05) is 6.07 Å². The normalized spacial score (nSPS) is 10.3. The van der Waals surface area contributed by atoms with E-state index >= 15 is 0 Å². The van der Waals surface area contributed by atoms with Crippen molar-refractivity contribution in [2.75, 3.05) is 18.5 Å². The van der Waals surface area contributed by atoms with Crippen LogP contribution in [0.1, 0.15) is 18.1 Å². The Bertz CT molecular complexity index is 929. The molecule has 1 amide bonds. The van der Waals surface area contributed by atoms with Crippen LogP contribution in [0.2, 0.25) is 0 Å². The highest BCUT2D eigenvalue weighted by molar-refractivity contribution is 5.91. The number of aryl methyl sites for hydroxylation is 2. The number of ether oxygens (including phenoxy) is 3. The molecule has 0 radical (unpaired) electrons. The van der Waals surface area contributed by atoms with Gasteiger partial charge >= 0.3 is 0 Å². The van der Waals surface area contributed by atoms with Crippen LogP contribution in [0.3, 0.4) is 0 Å². The fraction of sp³-hybridized carbons (Fsp3) is 0.208. The second-order valence-corrected chi connectivity index (χ2v) is 6.69. The highest BCUT2D eigenvalue weighted by Crippen LogP contribution is 2.25. The van der Waals surface area contributed by atoms with Crippen LogP contribution in [0, 0.1) is 13.8 Å². The minimum absolute atomic E-state index is 0.0483. The molecule has 0 unspecified atom stereocenters. The first-order valence-electron chi connectivity index (χ1n) is 9.53. The maximum atomic E-state index is 12.1. The number of amides is 1. The maximum absolute atomic E-state index is 12.1. The average molecular weight is 391 g/mol. The van der Waals surface area contributed by atoms with Gasteiger partial charge in [0.05, 0.1) is 6.61 Å². The quantitative estimate of drug-likeness (QED) is 0.550. The van der Waals surface area contributed by atoms with Crippen LogP contribution in [0.25, 0.3) is 0 Å². The van der Waals surface area contributed by atoms with E-state index < -0.39 is 0 Å². The van der Waals surface area contributed by atoms with Crippen molar-refractivity contribution >= 4 is 11.6 Å². The Morgan fingerprint density at radius 1 is 0.759 bits per heavy atom. The van der Waals surface area contributed by atoms with Gasteiger partial charge in [0.2, 0.25) is 0 Å². The largest absolute Gasteiger partial charge is 0.494 e. The Kier molecular flexibility index (Phi) is 6.74. The van der Waals surface area contributed by atoms with Crippen molar-refractivity contribution < 1.29 is 19.0 Å². The summed E-state index contributed by atoms with van der Waals surface area (Å²) in [4.78, 5) is 12.1. The summed E-state index contributed by atoms with van der Waals surface area (Å²) in [7, 11) is 0. The first-order valence-corrected chi connectivity index (χ1v) is 9.53. The number of rotatable bonds is 8. The summed E-state index contributed by atoms with van der Waals surface area (Å²) in [5, 5.41) is 2.82. The standard InChI is InChI=1S/C24H25NO4/c1-4-27-20-9-11-22(12-10-20)29-21-7-5-19(6-8-21)25-24(26)16-28-23-14-17(2)13-18(3)15-23/h5-15H,4,16H2,1-3H3,(H,25,26). The minimum atomic E-state index is -0.218. The summed E-state index contributed by atoms with van der Waals surface area (Å²) in [6, 6.07) is 20.5. The highest BCUT2D eigenvalue weighted by Gasteiger charge is 2.06. The molecular weight excluding hydrogens is 366 g/mol. The van der Waals surface area contributed by atoms with E-state index in [2.05, 4.69) is 11.4 Å². The van der Waals surface area contributed by atoms with Gasteiger partial charge in [0.1, 0.15) is 23.0 Å². The van der Waals surface area contributed by atoms with Gasteiger partial charge in [-0.3, -0.25) is 4.79 Å². The van der Waals surface area contributed by atoms with E-state index in [1.165, 1.54) is 0 Å². The molecular formula is C24H25NO4. The number of hydrogen-bond acceptors (Lipinski definition) is 4. The molecule has 0 bridgehead atoms. The lowest BCUT2D eigenvalue weighted by atomic mass is 10.1. The van der Waals surface area contributed by atoms with Crippen LogP contribution in [0.5, 0.6) is 23.0 Å². The lowest BCUT2D eigenvalue weighted by Crippen LogP contribution is -2.20. The zero-order valence-corrected chi connectivity index (χ0v) is 16.9. The van der Waals surface area contributed by atoms with Crippen molar-refractivity contribution in [1.82, 2.24) is 0 Å². The van der Waals surface area contributed by atoms with Crippen LogP contribution >= 0.6 is 0 Å².